The van der Waals surface area contributed by atoms with E-state index in [-0.39, 0.29) is 31.2 Å². The zero-order valence-electron chi connectivity index (χ0n) is 19.5. The molecule has 3 aromatic heterocycles. The number of nitrogens with zero attached hydrogens (tertiary/aromatic N) is 4. The predicted octanol–water partition coefficient (Wildman–Crippen LogP) is 3.01. The number of hydrogen-bond donors (Lipinski definition) is 3. The van der Waals surface area contributed by atoms with E-state index in [1.807, 2.05) is 41.0 Å². The van der Waals surface area contributed by atoms with Gasteiger partial charge in [0.2, 0.25) is 0 Å². The van der Waals surface area contributed by atoms with Crippen LogP contribution in [0, 0.1) is 11.8 Å². The lowest BCUT2D eigenvalue weighted by atomic mass is 10.1. The fourth-order valence-electron chi connectivity index (χ4n) is 4.92. The lowest BCUT2D eigenvalue weighted by molar-refractivity contribution is 0.0937. The van der Waals surface area contributed by atoms with Gasteiger partial charge >= 0.3 is 0 Å². The largest absolute Gasteiger partial charge is 0.384 e. The lowest BCUT2D eigenvalue weighted by Gasteiger charge is -2.17. The Kier molecular flexibility index (Phi) is 5.31. The summed E-state index contributed by atoms with van der Waals surface area (Å²) in [4.78, 5) is 21.6. The van der Waals surface area contributed by atoms with Gasteiger partial charge in [-0.1, -0.05) is 30.0 Å². The lowest BCUT2D eigenvalue weighted by Crippen LogP contribution is -2.31. The summed E-state index contributed by atoms with van der Waals surface area (Å²) in [5, 5.41) is 18.2. The van der Waals surface area contributed by atoms with Crippen LogP contribution >= 0.6 is 0 Å². The van der Waals surface area contributed by atoms with Gasteiger partial charge in [-0.25, -0.2) is 9.37 Å². The number of aliphatic hydroxyl groups excluding tert-OH is 1. The Morgan fingerprint density at radius 1 is 1.31 bits per heavy atom. The van der Waals surface area contributed by atoms with Crippen molar-refractivity contribution in [3.05, 3.63) is 83.2 Å². The van der Waals surface area contributed by atoms with Gasteiger partial charge in [0, 0.05) is 41.3 Å². The maximum absolute atomic E-state index is 14.2. The molecule has 4 heterocycles. The number of rotatable bonds is 4. The normalized spacial score (nSPS) is 15.6. The first-order valence-electron chi connectivity index (χ1n) is 11.6. The fraction of sp³-hybridized carbons (Fsp3) is 0.222. The Morgan fingerprint density at radius 2 is 2.17 bits per heavy atom. The number of carbonyl (C=O) groups is 1. The summed E-state index contributed by atoms with van der Waals surface area (Å²) in [6, 6.07) is 14.7. The second-order valence-corrected chi connectivity index (χ2v) is 8.91. The van der Waals surface area contributed by atoms with Crippen LogP contribution in [-0.4, -0.2) is 48.1 Å². The topological polar surface area (TPSA) is 101 Å². The van der Waals surface area contributed by atoms with E-state index in [0.717, 1.165) is 33.4 Å². The summed E-state index contributed by atoms with van der Waals surface area (Å²) >= 11 is 0. The molecule has 2 atom stereocenters. The highest BCUT2D eigenvalue weighted by atomic mass is 19.1. The molecule has 0 spiro atoms. The van der Waals surface area contributed by atoms with Gasteiger partial charge in [-0.3, -0.25) is 9.48 Å². The molecule has 1 unspecified atom stereocenters. The Hall–Kier alpha value is -4.42. The quantitative estimate of drug-likeness (QED) is 0.343. The van der Waals surface area contributed by atoms with Crippen LogP contribution in [0.2, 0.25) is 0 Å². The van der Waals surface area contributed by atoms with Crippen molar-refractivity contribution >= 4 is 27.7 Å². The van der Waals surface area contributed by atoms with Gasteiger partial charge in [0.15, 0.2) is 5.69 Å². The number of aryl methyl sites for hydroxylation is 1. The van der Waals surface area contributed by atoms with Crippen LogP contribution < -0.4 is 5.32 Å². The predicted molar refractivity (Wildman–Crippen MR) is 133 cm³/mol. The van der Waals surface area contributed by atoms with E-state index in [1.165, 1.54) is 0 Å². The van der Waals surface area contributed by atoms with E-state index in [9.17, 15) is 9.18 Å². The van der Waals surface area contributed by atoms with E-state index in [0.29, 0.717) is 11.1 Å². The number of halogens is 1. The molecule has 1 amide bonds. The van der Waals surface area contributed by atoms with Crippen LogP contribution in [0.1, 0.15) is 39.2 Å². The van der Waals surface area contributed by atoms with Gasteiger partial charge in [-0.15, -0.1) is 0 Å². The molecule has 1 aliphatic rings. The Morgan fingerprint density at radius 3 is 3.00 bits per heavy atom. The number of fused-ring (bicyclic) bond motifs is 3. The summed E-state index contributed by atoms with van der Waals surface area (Å²) < 4.78 is 17.6. The number of amides is 1. The average Bonchev–Trinajstić information content (AvgIpc) is 3.63. The highest BCUT2D eigenvalue weighted by Gasteiger charge is 2.32. The summed E-state index contributed by atoms with van der Waals surface area (Å²) in [6.07, 6.45) is 0.923. The molecule has 180 valence electrons. The first kappa shape index (κ1) is 22.1. The first-order chi connectivity index (χ1) is 17.5. The number of aliphatic hydroxyl groups is 1. The van der Waals surface area contributed by atoms with Gasteiger partial charge in [-0.05, 0) is 35.7 Å². The molecule has 1 aliphatic heterocycles. The van der Waals surface area contributed by atoms with E-state index < -0.39 is 12.2 Å². The zero-order chi connectivity index (χ0) is 24.8. The highest BCUT2D eigenvalue weighted by molar-refractivity contribution is 6.05. The Labute approximate surface area is 205 Å². The maximum Gasteiger partial charge on any atom is 0.273 e. The molecule has 0 aliphatic carbocycles. The molecule has 0 saturated carbocycles. The highest BCUT2D eigenvalue weighted by Crippen LogP contribution is 2.31. The molecule has 0 radical (unpaired) electrons. The number of nitrogens with one attached hydrogen (secondary N) is 2. The first-order valence-corrected chi connectivity index (χ1v) is 11.6. The smallest absolute Gasteiger partial charge is 0.273 e. The molecule has 0 bridgehead atoms. The summed E-state index contributed by atoms with van der Waals surface area (Å²) in [5.74, 6) is 5.14. The zero-order valence-corrected chi connectivity index (χ0v) is 19.5. The average molecular weight is 483 g/mol. The molecular weight excluding hydrogens is 459 g/mol. The number of hydrogen-bond acceptors (Lipinski definition) is 4. The Balaban J connectivity index is 1.41. The number of alkyl halides is 1. The van der Waals surface area contributed by atoms with E-state index >= 15 is 0 Å². The monoisotopic (exact) mass is 482 g/mol. The van der Waals surface area contributed by atoms with Crippen molar-refractivity contribution in [1.29, 1.82) is 0 Å². The van der Waals surface area contributed by atoms with Gasteiger partial charge in [0.1, 0.15) is 18.8 Å². The third kappa shape index (κ3) is 3.72. The summed E-state index contributed by atoms with van der Waals surface area (Å²) in [5.41, 5.74) is 4.84. The van der Waals surface area contributed by atoms with Crippen molar-refractivity contribution in [1.82, 2.24) is 29.6 Å². The van der Waals surface area contributed by atoms with Crippen molar-refractivity contribution in [3.8, 4) is 11.8 Å². The van der Waals surface area contributed by atoms with Crippen LogP contribution in [0.15, 0.2) is 54.9 Å². The molecule has 8 nitrogen and oxygen atoms in total. The number of aromatic nitrogens is 5. The second kappa shape index (κ2) is 8.66. The number of imidazole rings is 1. The minimum absolute atomic E-state index is 0.229. The molecule has 3 N–H and O–H groups in total. The SMILES string of the molecule is Cn1nc(C(=O)NC(c2cc3ccccc3[nH]2)c2ncn3c2C[C@@H](F)C3)c2ccc(C#CCO)cc21. The molecular formula is C27H23FN6O2. The number of benzene rings is 2. The van der Waals surface area contributed by atoms with E-state index in [2.05, 4.69) is 32.2 Å². The van der Waals surface area contributed by atoms with E-state index in [1.54, 1.807) is 30.2 Å². The van der Waals surface area contributed by atoms with Gasteiger partial charge in [0.25, 0.3) is 5.91 Å². The second-order valence-electron chi connectivity index (χ2n) is 8.91. The molecule has 9 heteroatoms. The standard InChI is InChI=1S/C27H23FN6O2/c1-33-22-11-16(5-4-10-35)8-9-19(22)24(32-33)27(36)31-25(21-12-17-6-2-3-7-20(17)30-21)26-23-13-18(28)14-34(23)15-29-26/h2-3,6-9,11-12,15,18,25,30,35H,10,13-14H2,1H3,(H,31,36)/t18-,25?/m1/s1. The minimum atomic E-state index is -0.969. The van der Waals surface area contributed by atoms with Crippen molar-refractivity contribution < 1.29 is 14.3 Å². The third-order valence-corrected chi connectivity index (χ3v) is 6.58. The summed E-state index contributed by atoms with van der Waals surface area (Å²) in [6.45, 7) is 0.0369. The number of aromatic amines is 1. The van der Waals surface area contributed by atoms with Crippen molar-refractivity contribution in [2.75, 3.05) is 6.61 Å². The molecule has 5 aromatic rings. The van der Waals surface area contributed by atoms with Crippen molar-refractivity contribution in [2.45, 2.75) is 25.2 Å². The molecule has 6 rings (SSSR count). The maximum atomic E-state index is 14.2. The van der Waals surface area contributed by atoms with E-state index in [4.69, 9.17) is 5.11 Å². The number of H-pyrrole nitrogens is 1. The number of para-hydroxylation sites is 1. The Bertz CT molecular complexity index is 1650. The molecule has 36 heavy (non-hydrogen) atoms. The molecule has 0 saturated heterocycles. The summed E-state index contributed by atoms with van der Waals surface area (Å²) in [7, 11) is 1.77. The van der Waals surface area contributed by atoms with Gasteiger partial charge in [0.05, 0.1) is 24.1 Å². The van der Waals surface area contributed by atoms with Crippen LogP contribution in [0.4, 0.5) is 4.39 Å². The third-order valence-electron chi connectivity index (χ3n) is 6.58. The van der Waals surface area contributed by atoms with Crippen LogP contribution in [0.25, 0.3) is 21.8 Å². The number of carbonyl (C=O) groups excluding carboxylic acids is 1. The van der Waals surface area contributed by atoms with Crippen LogP contribution in [-0.2, 0) is 20.0 Å². The molecule has 0 fully saturated rings. The minimum Gasteiger partial charge on any atom is -0.384 e. The van der Waals surface area contributed by atoms with Gasteiger partial charge in [-0.2, -0.15) is 5.10 Å². The van der Waals surface area contributed by atoms with Crippen molar-refractivity contribution in [3.63, 3.8) is 0 Å². The fourth-order valence-corrected chi connectivity index (χ4v) is 4.92. The molecule has 2 aromatic carbocycles. The van der Waals surface area contributed by atoms with Crippen LogP contribution in [0.3, 0.4) is 0 Å². The van der Waals surface area contributed by atoms with Crippen molar-refractivity contribution in [2.24, 2.45) is 7.05 Å². The van der Waals surface area contributed by atoms with Crippen LogP contribution in [0.5, 0.6) is 0 Å². The van der Waals surface area contributed by atoms with Gasteiger partial charge < -0.3 is 20.0 Å².